The molecule has 98 valence electrons. The molecule has 0 radical (unpaired) electrons. The van der Waals surface area contributed by atoms with Crippen LogP contribution in [-0.4, -0.2) is 0 Å². The number of hydrogen-bond donors (Lipinski definition) is 0. The van der Waals surface area contributed by atoms with E-state index in [0.717, 1.165) is 22.9 Å². The van der Waals surface area contributed by atoms with Crippen LogP contribution < -0.4 is 0 Å². The molecule has 1 aliphatic rings. The third-order valence-corrected chi connectivity index (χ3v) is 4.72. The maximum absolute atomic E-state index is 13.4. The van der Waals surface area contributed by atoms with Crippen LogP contribution in [0.2, 0.25) is 0 Å². The number of hydrogen-bond acceptors (Lipinski definition) is 0. The molecule has 0 aromatic heterocycles. The second-order valence-electron chi connectivity index (χ2n) is 5.05. The van der Waals surface area contributed by atoms with Gasteiger partial charge in [-0.15, -0.1) is 11.6 Å². The summed E-state index contributed by atoms with van der Waals surface area (Å²) in [5.41, 5.74) is 3.54. The predicted octanol–water partition coefficient (Wildman–Crippen LogP) is 5.28. The van der Waals surface area contributed by atoms with Crippen LogP contribution >= 0.6 is 27.5 Å². The molecule has 0 saturated heterocycles. The summed E-state index contributed by atoms with van der Waals surface area (Å²) in [5, 5.41) is 0.0262. The molecule has 0 heterocycles. The highest BCUT2D eigenvalue weighted by molar-refractivity contribution is 9.10. The van der Waals surface area contributed by atoms with Crippen LogP contribution in [0.5, 0.6) is 0 Å². The zero-order valence-electron chi connectivity index (χ0n) is 10.2. The summed E-state index contributed by atoms with van der Waals surface area (Å²) in [7, 11) is 0. The van der Waals surface area contributed by atoms with E-state index in [4.69, 9.17) is 11.6 Å². The maximum Gasteiger partial charge on any atom is 0.124 e. The second-order valence-corrected chi connectivity index (χ2v) is 6.43. The Bertz CT molecular complexity index is 591. The van der Waals surface area contributed by atoms with Crippen molar-refractivity contribution >= 4 is 27.5 Å². The van der Waals surface area contributed by atoms with Crippen molar-refractivity contribution in [3.63, 3.8) is 0 Å². The molecular weight excluding hydrogens is 327 g/mol. The molecule has 2 aromatic carbocycles. The average Bonchev–Trinajstić information content (AvgIpc) is 2.66. The Morgan fingerprint density at radius 1 is 1.21 bits per heavy atom. The minimum Gasteiger partial charge on any atom is -0.207 e. The van der Waals surface area contributed by atoms with E-state index in [9.17, 15) is 4.39 Å². The lowest BCUT2D eigenvalue weighted by Crippen LogP contribution is -2.07. The second kappa shape index (κ2) is 5.26. The van der Waals surface area contributed by atoms with Gasteiger partial charge in [-0.25, -0.2) is 4.39 Å². The van der Waals surface area contributed by atoms with E-state index < -0.39 is 0 Å². The average molecular weight is 340 g/mol. The minimum atomic E-state index is -0.203. The number of rotatable bonds is 2. The first-order valence-corrected chi connectivity index (χ1v) is 7.53. The lowest BCUT2D eigenvalue weighted by molar-refractivity contribution is 0.539. The highest BCUT2D eigenvalue weighted by Gasteiger charge is 2.30. The molecule has 2 unspecified atom stereocenters. The molecule has 0 aliphatic heterocycles. The van der Waals surface area contributed by atoms with E-state index in [1.165, 1.54) is 17.2 Å². The first kappa shape index (κ1) is 13.1. The van der Waals surface area contributed by atoms with Gasteiger partial charge in [-0.05, 0) is 53.6 Å². The number of benzene rings is 2. The van der Waals surface area contributed by atoms with E-state index in [2.05, 4.69) is 28.1 Å². The molecule has 2 atom stereocenters. The Kier molecular flexibility index (Phi) is 3.64. The molecule has 0 N–H and O–H groups in total. The van der Waals surface area contributed by atoms with Gasteiger partial charge in [-0.3, -0.25) is 0 Å². The first-order valence-electron chi connectivity index (χ1n) is 6.30. The van der Waals surface area contributed by atoms with Crippen LogP contribution in [0.4, 0.5) is 4.39 Å². The summed E-state index contributed by atoms with van der Waals surface area (Å²) >= 11 is 9.87. The molecule has 1 aliphatic carbocycles. The summed E-state index contributed by atoms with van der Waals surface area (Å²) in [6.45, 7) is 0. The molecule has 0 amide bonds. The fraction of sp³-hybridized carbons (Fsp3) is 0.250. The van der Waals surface area contributed by atoms with E-state index >= 15 is 0 Å². The van der Waals surface area contributed by atoms with Gasteiger partial charge < -0.3 is 0 Å². The van der Waals surface area contributed by atoms with Gasteiger partial charge in [-0.2, -0.15) is 0 Å². The van der Waals surface area contributed by atoms with Crippen LogP contribution in [0.3, 0.4) is 0 Å². The van der Waals surface area contributed by atoms with Gasteiger partial charge in [0.2, 0.25) is 0 Å². The Morgan fingerprint density at radius 3 is 2.74 bits per heavy atom. The predicted molar refractivity (Wildman–Crippen MR) is 80.0 cm³/mol. The van der Waals surface area contributed by atoms with Crippen LogP contribution in [-0.2, 0) is 12.8 Å². The third kappa shape index (κ3) is 2.70. The standard InChI is InChI=1S/C16H13BrClF/c17-13-6-10(7-14(19)9-13)5-12-8-11-3-1-2-4-15(11)16(12)18/h1-4,6-7,9,12,16H,5,8H2. The van der Waals surface area contributed by atoms with Gasteiger partial charge in [0.15, 0.2) is 0 Å². The van der Waals surface area contributed by atoms with Crippen molar-refractivity contribution in [3.8, 4) is 0 Å². The summed E-state index contributed by atoms with van der Waals surface area (Å²) in [5.74, 6) is 0.138. The van der Waals surface area contributed by atoms with Crippen molar-refractivity contribution in [3.05, 3.63) is 69.4 Å². The van der Waals surface area contributed by atoms with Crippen molar-refractivity contribution in [2.45, 2.75) is 18.2 Å². The molecule has 0 nitrogen and oxygen atoms in total. The molecule has 0 bridgehead atoms. The van der Waals surface area contributed by atoms with E-state index in [1.54, 1.807) is 6.07 Å². The molecule has 3 rings (SSSR count). The van der Waals surface area contributed by atoms with Gasteiger partial charge >= 0.3 is 0 Å². The normalized spacial score (nSPS) is 21.4. The Labute approximate surface area is 125 Å². The maximum atomic E-state index is 13.4. The van der Waals surface area contributed by atoms with Gasteiger partial charge in [0, 0.05) is 4.47 Å². The van der Waals surface area contributed by atoms with Crippen molar-refractivity contribution < 1.29 is 4.39 Å². The third-order valence-electron chi connectivity index (χ3n) is 3.67. The quantitative estimate of drug-likeness (QED) is 0.653. The lowest BCUT2D eigenvalue weighted by Gasteiger charge is -2.14. The zero-order chi connectivity index (χ0) is 13.4. The molecular formula is C16H13BrClF. The molecule has 0 fully saturated rings. The molecule has 2 aromatic rings. The monoisotopic (exact) mass is 338 g/mol. The largest absolute Gasteiger partial charge is 0.207 e. The van der Waals surface area contributed by atoms with Crippen LogP contribution in [0, 0.1) is 11.7 Å². The molecule has 0 saturated carbocycles. The first-order chi connectivity index (χ1) is 9.13. The van der Waals surface area contributed by atoms with Crippen molar-refractivity contribution in [2.24, 2.45) is 5.92 Å². The summed E-state index contributed by atoms with van der Waals surface area (Å²) in [6, 6.07) is 13.3. The van der Waals surface area contributed by atoms with Crippen molar-refractivity contribution in [1.29, 1.82) is 0 Å². The zero-order valence-corrected chi connectivity index (χ0v) is 12.6. The Hall–Kier alpha value is -0.860. The molecule has 19 heavy (non-hydrogen) atoms. The smallest absolute Gasteiger partial charge is 0.124 e. The van der Waals surface area contributed by atoms with E-state index in [1.807, 2.05) is 18.2 Å². The van der Waals surface area contributed by atoms with Gasteiger partial charge in [0.25, 0.3) is 0 Å². The Balaban J connectivity index is 1.82. The van der Waals surface area contributed by atoms with Gasteiger partial charge in [0.1, 0.15) is 5.82 Å². The Morgan fingerprint density at radius 2 is 2.00 bits per heavy atom. The van der Waals surface area contributed by atoms with Crippen molar-refractivity contribution in [1.82, 2.24) is 0 Å². The summed E-state index contributed by atoms with van der Waals surface area (Å²) < 4.78 is 14.2. The van der Waals surface area contributed by atoms with Crippen molar-refractivity contribution in [2.75, 3.05) is 0 Å². The van der Waals surface area contributed by atoms with Crippen LogP contribution in [0.25, 0.3) is 0 Å². The summed E-state index contributed by atoms with van der Waals surface area (Å²) in [4.78, 5) is 0. The van der Waals surface area contributed by atoms with Crippen LogP contribution in [0.15, 0.2) is 46.9 Å². The van der Waals surface area contributed by atoms with E-state index in [-0.39, 0.29) is 11.2 Å². The highest BCUT2D eigenvalue weighted by atomic mass is 79.9. The fourth-order valence-electron chi connectivity index (χ4n) is 2.84. The highest BCUT2D eigenvalue weighted by Crippen LogP contribution is 2.42. The number of alkyl halides is 1. The van der Waals surface area contributed by atoms with Gasteiger partial charge in [0.05, 0.1) is 5.38 Å². The lowest BCUT2D eigenvalue weighted by atomic mass is 9.96. The fourth-order valence-corrected chi connectivity index (χ4v) is 3.74. The minimum absolute atomic E-state index is 0.0262. The topological polar surface area (TPSA) is 0 Å². The van der Waals surface area contributed by atoms with E-state index in [0.29, 0.717) is 5.92 Å². The summed E-state index contributed by atoms with van der Waals surface area (Å²) in [6.07, 6.45) is 1.78. The number of halogens is 3. The number of fused-ring (bicyclic) bond motifs is 1. The van der Waals surface area contributed by atoms with Gasteiger partial charge in [-0.1, -0.05) is 40.2 Å². The molecule has 0 spiro atoms. The van der Waals surface area contributed by atoms with Crippen LogP contribution in [0.1, 0.15) is 22.1 Å². The SMILES string of the molecule is Fc1cc(Br)cc(CC2Cc3ccccc3C2Cl)c1. The molecule has 3 heteroatoms.